The maximum atomic E-state index is 11.0. The third-order valence-corrected chi connectivity index (χ3v) is 3.62. The number of sulfonamides is 1. The fourth-order valence-electron chi connectivity index (χ4n) is 1.89. The molecule has 106 valence electrons. The molecule has 19 heavy (non-hydrogen) atoms. The van der Waals surface area contributed by atoms with E-state index in [2.05, 4.69) is 11.3 Å². The fourth-order valence-corrected chi connectivity index (χ4v) is 2.38. The lowest BCUT2D eigenvalue weighted by molar-refractivity contribution is 0.406. The highest BCUT2D eigenvalue weighted by Crippen LogP contribution is 2.22. The maximum Gasteiger partial charge on any atom is 0.208 e. The lowest BCUT2D eigenvalue weighted by Gasteiger charge is -2.15. The maximum absolute atomic E-state index is 11.0. The fraction of sp³-hybridized carbons (Fsp3) is 0.429. The van der Waals surface area contributed by atoms with Gasteiger partial charge in [-0.15, -0.1) is 6.58 Å². The second-order valence-electron chi connectivity index (χ2n) is 4.47. The smallest absolute Gasteiger partial charge is 0.208 e. The van der Waals surface area contributed by atoms with Gasteiger partial charge in [0.25, 0.3) is 0 Å². The first-order valence-electron chi connectivity index (χ1n) is 6.15. The number of ether oxygens (including phenoxy) is 1. The molecule has 0 fully saturated rings. The molecule has 0 radical (unpaired) electrons. The van der Waals surface area contributed by atoms with Crippen LogP contribution in [0.1, 0.15) is 12.0 Å². The zero-order valence-electron chi connectivity index (χ0n) is 11.4. The highest BCUT2D eigenvalue weighted by atomic mass is 32.2. The Morgan fingerprint density at radius 2 is 2.11 bits per heavy atom. The van der Waals surface area contributed by atoms with Crippen LogP contribution >= 0.6 is 0 Å². The number of para-hydroxylation sites is 1. The van der Waals surface area contributed by atoms with E-state index in [1.807, 2.05) is 30.3 Å². The predicted molar refractivity (Wildman–Crippen MR) is 77.8 cm³/mol. The molecule has 1 rings (SSSR count). The van der Waals surface area contributed by atoms with Crippen molar-refractivity contribution in [3.63, 3.8) is 0 Å². The molecule has 0 heterocycles. The number of hydrogen-bond donors (Lipinski definition) is 1. The molecule has 0 aromatic heterocycles. The molecular weight excluding hydrogens is 262 g/mol. The van der Waals surface area contributed by atoms with Gasteiger partial charge in [0.15, 0.2) is 0 Å². The molecule has 1 unspecified atom stereocenters. The molecule has 5 heteroatoms. The van der Waals surface area contributed by atoms with Gasteiger partial charge in [-0.05, 0) is 30.4 Å². The highest BCUT2D eigenvalue weighted by molar-refractivity contribution is 7.88. The molecule has 1 aromatic carbocycles. The second kappa shape index (κ2) is 7.31. The van der Waals surface area contributed by atoms with E-state index in [0.717, 1.165) is 24.0 Å². The number of benzene rings is 1. The Labute approximate surface area is 115 Å². The summed E-state index contributed by atoms with van der Waals surface area (Å²) >= 11 is 0. The Kier molecular flexibility index (Phi) is 6.05. The van der Waals surface area contributed by atoms with E-state index in [0.29, 0.717) is 13.0 Å². The van der Waals surface area contributed by atoms with Crippen LogP contribution in [0.15, 0.2) is 36.9 Å². The number of allylic oxidation sites excluding steroid dienone is 1. The first-order chi connectivity index (χ1) is 8.96. The Hall–Kier alpha value is -1.33. The Morgan fingerprint density at radius 1 is 1.42 bits per heavy atom. The van der Waals surface area contributed by atoms with E-state index < -0.39 is 10.0 Å². The monoisotopic (exact) mass is 283 g/mol. The van der Waals surface area contributed by atoms with Crippen molar-refractivity contribution in [1.29, 1.82) is 0 Å². The summed E-state index contributed by atoms with van der Waals surface area (Å²) in [5.41, 5.74) is 1.11. The van der Waals surface area contributed by atoms with E-state index >= 15 is 0 Å². The van der Waals surface area contributed by atoms with Gasteiger partial charge in [-0.3, -0.25) is 0 Å². The van der Waals surface area contributed by atoms with Crippen LogP contribution in [-0.2, 0) is 16.4 Å². The number of methoxy groups -OCH3 is 1. The summed E-state index contributed by atoms with van der Waals surface area (Å²) in [6, 6.07) is 7.83. The van der Waals surface area contributed by atoms with Crippen molar-refractivity contribution in [3.8, 4) is 5.75 Å². The lowest BCUT2D eigenvalue weighted by Crippen LogP contribution is -2.24. The molecule has 4 nitrogen and oxygen atoms in total. The summed E-state index contributed by atoms with van der Waals surface area (Å²) in [5.74, 6) is 1.07. The summed E-state index contributed by atoms with van der Waals surface area (Å²) in [5, 5.41) is 0. The van der Waals surface area contributed by atoms with Gasteiger partial charge in [0.05, 0.1) is 13.4 Å². The van der Waals surface area contributed by atoms with E-state index in [1.54, 1.807) is 7.11 Å². The van der Waals surface area contributed by atoms with Gasteiger partial charge in [0.2, 0.25) is 10.0 Å². The van der Waals surface area contributed by atoms with Crippen LogP contribution in [0.4, 0.5) is 0 Å². The molecule has 0 aliphatic rings. The van der Waals surface area contributed by atoms with Gasteiger partial charge in [-0.25, -0.2) is 13.1 Å². The second-order valence-corrected chi connectivity index (χ2v) is 6.30. The van der Waals surface area contributed by atoms with Gasteiger partial charge in [-0.2, -0.15) is 0 Å². The molecule has 0 saturated heterocycles. The van der Waals surface area contributed by atoms with E-state index in [-0.39, 0.29) is 5.92 Å². The minimum Gasteiger partial charge on any atom is -0.496 e. The Morgan fingerprint density at radius 3 is 2.68 bits per heavy atom. The third-order valence-electron chi connectivity index (χ3n) is 2.89. The Balaban J connectivity index is 2.59. The van der Waals surface area contributed by atoms with Crippen molar-refractivity contribution in [1.82, 2.24) is 4.72 Å². The number of nitrogens with one attached hydrogen (secondary N) is 1. The molecule has 1 aromatic rings. The summed E-state index contributed by atoms with van der Waals surface area (Å²) in [6.07, 6.45) is 4.53. The highest BCUT2D eigenvalue weighted by Gasteiger charge is 2.10. The van der Waals surface area contributed by atoms with Gasteiger partial charge in [0, 0.05) is 6.54 Å². The van der Waals surface area contributed by atoms with Crippen LogP contribution in [0.2, 0.25) is 0 Å². The molecule has 1 atom stereocenters. The summed E-state index contributed by atoms with van der Waals surface area (Å²) in [6.45, 7) is 4.23. The SMILES string of the molecule is C=CC(CCNS(C)(=O)=O)Cc1ccccc1OC. The standard InChI is InChI=1S/C14H21NO3S/c1-4-12(9-10-15-19(3,16)17)11-13-7-5-6-8-14(13)18-2/h4-8,12,15H,1,9-11H2,2-3H3. The molecule has 0 bridgehead atoms. The van der Waals surface area contributed by atoms with Crippen molar-refractivity contribution in [2.45, 2.75) is 12.8 Å². The zero-order chi connectivity index (χ0) is 14.3. The minimum absolute atomic E-state index is 0.213. The Bertz CT molecular complexity index is 511. The first kappa shape index (κ1) is 15.7. The van der Waals surface area contributed by atoms with Gasteiger partial charge < -0.3 is 4.74 Å². The first-order valence-corrected chi connectivity index (χ1v) is 8.04. The van der Waals surface area contributed by atoms with Crippen LogP contribution < -0.4 is 9.46 Å². The number of rotatable bonds is 8. The van der Waals surface area contributed by atoms with Crippen LogP contribution in [0.5, 0.6) is 5.75 Å². The normalized spacial score (nSPS) is 12.9. The molecule has 1 N–H and O–H groups in total. The predicted octanol–water partition coefficient (Wildman–Crippen LogP) is 1.98. The zero-order valence-corrected chi connectivity index (χ0v) is 12.2. The molecule has 0 aliphatic carbocycles. The van der Waals surface area contributed by atoms with Crippen molar-refractivity contribution < 1.29 is 13.2 Å². The molecule has 0 saturated carbocycles. The lowest BCUT2D eigenvalue weighted by atomic mass is 9.96. The van der Waals surface area contributed by atoms with E-state index in [9.17, 15) is 8.42 Å². The average molecular weight is 283 g/mol. The topological polar surface area (TPSA) is 55.4 Å². The van der Waals surface area contributed by atoms with Gasteiger partial charge in [-0.1, -0.05) is 24.3 Å². The van der Waals surface area contributed by atoms with Gasteiger partial charge in [0.1, 0.15) is 5.75 Å². The summed E-state index contributed by atoms with van der Waals surface area (Å²) in [7, 11) is -1.48. The molecular formula is C14H21NO3S. The van der Waals surface area contributed by atoms with Gasteiger partial charge >= 0.3 is 0 Å². The average Bonchev–Trinajstić information content (AvgIpc) is 2.36. The van der Waals surface area contributed by atoms with Crippen LogP contribution in [0.3, 0.4) is 0 Å². The van der Waals surface area contributed by atoms with Crippen molar-refractivity contribution in [2.75, 3.05) is 19.9 Å². The van der Waals surface area contributed by atoms with Crippen molar-refractivity contribution >= 4 is 10.0 Å². The van der Waals surface area contributed by atoms with Crippen LogP contribution in [0.25, 0.3) is 0 Å². The molecule has 0 amide bonds. The largest absolute Gasteiger partial charge is 0.496 e. The molecule has 0 aliphatic heterocycles. The number of hydrogen-bond acceptors (Lipinski definition) is 3. The van der Waals surface area contributed by atoms with Crippen molar-refractivity contribution in [3.05, 3.63) is 42.5 Å². The van der Waals surface area contributed by atoms with E-state index in [4.69, 9.17) is 4.74 Å². The minimum atomic E-state index is -3.12. The summed E-state index contributed by atoms with van der Waals surface area (Å²) in [4.78, 5) is 0. The summed E-state index contributed by atoms with van der Waals surface area (Å²) < 4.78 is 29.8. The van der Waals surface area contributed by atoms with Crippen molar-refractivity contribution in [2.24, 2.45) is 5.92 Å². The van der Waals surface area contributed by atoms with E-state index in [1.165, 1.54) is 0 Å². The molecule has 0 spiro atoms. The third kappa shape index (κ3) is 5.89. The quantitative estimate of drug-likeness (QED) is 0.742. The van der Waals surface area contributed by atoms with Crippen LogP contribution in [0, 0.1) is 5.92 Å². The van der Waals surface area contributed by atoms with Crippen LogP contribution in [-0.4, -0.2) is 28.3 Å².